The van der Waals surface area contributed by atoms with Gasteiger partial charge in [-0.25, -0.2) is 8.78 Å². The number of hydrogen-bond acceptors (Lipinski definition) is 4. The number of aliphatic hydroxyl groups excluding tert-OH is 1. The molecule has 0 spiro atoms. The lowest BCUT2D eigenvalue weighted by Crippen LogP contribution is -2.33. The smallest absolute Gasteiger partial charge is 0.229 e. The van der Waals surface area contributed by atoms with Crippen LogP contribution in [0.4, 0.5) is 8.78 Å². The van der Waals surface area contributed by atoms with Crippen LogP contribution in [0.5, 0.6) is 5.75 Å². The predicted octanol–water partition coefficient (Wildman–Crippen LogP) is 2.25. The monoisotopic (exact) mass is 348 g/mol. The minimum atomic E-state index is -0.777. The van der Waals surface area contributed by atoms with E-state index in [-0.39, 0.29) is 30.9 Å². The van der Waals surface area contributed by atoms with Gasteiger partial charge < -0.3 is 14.7 Å². The molecule has 0 aliphatic carbocycles. The van der Waals surface area contributed by atoms with E-state index < -0.39 is 23.8 Å². The number of β-amino-alcohol motifs (C(OH)–C–C–N with tert-alkyl or cyclic N) is 1. The van der Waals surface area contributed by atoms with E-state index in [1.807, 2.05) is 0 Å². The number of hydrogen-bond donors (Lipinski definition) is 1. The first-order chi connectivity index (χ1) is 12.0. The molecule has 2 atom stereocenters. The molecule has 0 bridgehead atoms. The number of methoxy groups -OCH3 is 1. The largest absolute Gasteiger partial charge is 0.495 e. The predicted molar refractivity (Wildman–Crippen MR) is 85.9 cm³/mol. The maximum atomic E-state index is 14.1. The first-order valence-electron chi connectivity index (χ1n) is 7.89. The van der Waals surface area contributed by atoms with Crippen LogP contribution in [0, 0.1) is 11.6 Å². The lowest BCUT2D eigenvalue weighted by molar-refractivity contribution is -0.131. The number of pyridine rings is 1. The highest BCUT2D eigenvalue weighted by atomic mass is 19.1. The highest BCUT2D eigenvalue weighted by Gasteiger charge is 2.36. The quantitative estimate of drug-likeness (QED) is 0.921. The molecule has 0 radical (unpaired) electrons. The number of nitrogens with zero attached hydrogens (tertiary/aromatic N) is 2. The van der Waals surface area contributed by atoms with Crippen molar-refractivity contribution in [3.05, 3.63) is 59.4 Å². The molecular weight excluding hydrogens is 330 g/mol. The number of carbonyl (C=O) groups excluding carboxylic acids is 1. The van der Waals surface area contributed by atoms with Crippen LogP contribution in [-0.4, -0.2) is 40.7 Å². The molecule has 1 N–H and O–H groups in total. The maximum absolute atomic E-state index is 14.1. The van der Waals surface area contributed by atoms with Gasteiger partial charge in [0.25, 0.3) is 0 Å². The zero-order chi connectivity index (χ0) is 18.0. The van der Waals surface area contributed by atoms with Crippen molar-refractivity contribution in [3.8, 4) is 5.75 Å². The highest BCUT2D eigenvalue weighted by Crippen LogP contribution is 2.34. The Morgan fingerprint density at radius 3 is 2.84 bits per heavy atom. The molecule has 5 nitrogen and oxygen atoms in total. The van der Waals surface area contributed by atoms with Gasteiger partial charge in [0.2, 0.25) is 5.91 Å². The number of aliphatic hydroxyl groups is 1. The standard InChI is InChI=1S/C18H18F2N2O3/c1-25-14-4-3-12(21-9-14)7-18(24)22-10-13(23)8-17(22)15-6-11(19)2-5-16(15)20/h2-6,9,13,17,23H,7-8,10H2,1H3/t13-,17+/m0/s1. The summed E-state index contributed by atoms with van der Waals surface area (Å²) in [5, 5.41) is 9.93. The summed E-state index contributed by atoms with van der Waals surface area (Å²) in [5.74, 6) is -0.904. The van der Waals surface area contributed by atoms with E-state index in [9.17, 15) is 18.7 Å². The second-order valence-corrected chi connectivity index (χ2v) is 5.98. The first-order valence-corrected chi connectivity index (χ1v) is 7.89. The van der Waals surface area contributed by atoms with Crippen molar-refractivity contribution in [2.45, 2.75) is 25.0 Å². The number of likely N-dealkylation sites (tertiary alicyclic amines) is 1. The third-order valence-electron chi connectivity index (χ3n) is 4.28. The van der Waals surface area contributed by atoms with Gasteiger partial charge in [0, 0.05) is 17.8 Å². The zero-order valence-corrected chi connectivity index (χ0v) is 13.7. The van der Waals surface area contributed by atoms with Gasteiger partial charge in [-0.3, -0.25) is 9.78 Å². The van der Waals surface area contributed by atoms with Crippen LogP contribution in [0.25, 0.3) is 0 Å². The Hall–Kier alpha value is -2.54. The Labute approximate surface area is 143 Å². The Bertz CT molecular complexity index is 767. The Balaban J connectivity index is 1.80. The van der Waals surface area contributed by atoms with Gasteiger partial charge in [0.15, 0.2) is 0 Å². The minimum Gasteiger partial charge on any atom is -0.495 e. The molecule has 0 unspecified atom stereocenters. The summed E-state index contributed by atoms with van der Waals surface area (Å²) in [6, 6.07) is 5.79. The van der Waals surface area contributed by atoms with Gasteiger partial charge in [0.1, 0.15) is 17.4 Å². The number of halogens is 2. The molecule has 1 fully saturated rings. The molecule has 1 aliphatic rings. The number of ether oxygens (including phenoxy) is 1. The molecule has 1 aromatic heterocycles. The van der Waals surface area contributed by atoms with Crippen molar-refractivity contribution in [2.24, 2.45) is 0 Å². The van der Waals surface area contributed by atoms with Gasteiger partial charge >= 0.3 is 0 Å². The van der Waals surface area contributed by atoms with Gasteiger partial charge in [-0.15, -0.1) is 0 Å². The fourth-order valence-electron chi connectivity index (χ4n) is 3.05. The van der Waals surface area contributed by atoms with E-state index in [0.29, 0.717) is 11.4 Å². The fraction of sp³-hybridized carbons (Fsp3) is 0.333. The molecule has 7 heteroatoms. The second-order valence-electron chi connectivity index (χ2n) is 5.98. The third kappa shape index (κ3) is 3.76. The maximum Gasteiger partial charge on any atom is 0.229 e. The van der Waals surface area contributed by atoms with E-state index in [4.69, 9.17) is 4.74 Å². The lowest BCUT2D eigenvalue weighted by Gasteiger charge is -2.25. The van der Waals surface area contributed by atoms with Crippen molar-refractivity contribution in [2.75, 3.05) is 13.7 Å². The number of benzene rings is 1. The Morgan fingerprint density at radius 2 is 2.16 bits per heavy atom. The molecule has 132 valence electrons. The molecule has 3 rings (SSSR count). The normalized spacial score (nSPS) is 19.9. The molecule has 2 heterocycles. The summed E-state index contributed by atoms with van der Waals surface area (Å²) in [7, 11) is 1.52. The van der Waals surface area contributed by atoms with Gasteiger partial charge in [-0.05, 0) is 36.8 Å². The Kier molecular flexibility index (Phi) is 4.94. The van der Waals surface area contributed by atoms with Crippen LogP contribution >= 0.6 is 0 Å². The van der Waals surface area contributed by atoms with Crippen LogP contribution in [-0.2, 0) is 11.2 Å². The van der Waals surface area contributed by atoms with Crippen molar-refractivity contribution in [3.63, 3.8) is 0 Å². The van der Waals surface area contributed by atoms with E-state index in [0.717, 1.165) is 18.2 Å². The fourth-order valence-corrected chi connectivity index (χ4v) is 3.05. The average Bonchev–Trinajstić information content (AvgIpc) is 2.99. The molecule has 1 aromatic carbocycles. The number of amides is 1. The van der Waals surface area contributed by atoms with Gasteiger partial charge in [-0.2, -0.15) is 0 Å². The Morgan fingerprint density at radius 1 is 1.36 bits per heavy atom. The summed E-state index contributed by atoms with van der Waals surface area (Å²) in [4.78, 5) is 18.1. The topological polar surface area (TPSA) is 62.7 Å². The highest BCUT2D eigenvalue weighted by molar-refractivity contribution is 5.79. The zero-order valence-electron chi connectivity index (χ0n) is 13.7. The third-order valence-corrected chi connectivity index (χ3v) is 4.28. The summed E-state index contributed by atoms with van der Waals surface area (Å²) in [6.07, 6.45) is 0.901. The number of rotatable bonds is 4. The molecule has 1 aliphatic heterocycles. The molecular formula is C18H18F2N2O3. The van der Waals surface area contributed by atoms with Crippen LogP contribution < -0.4 is 4.74 Å². The van der Waals surface area contributed by atoms with E-state index in [1.165, 1.54) is 18.2 Å². The summed E-state index contributed by atoms with van der Waals surface area (Å²) in [6.45, 7) is 0.0790. The number of aromatic nitrogens is 1. The first kappa shape index (κ1) is 17.3. The van der Waals surface area contributed by atoms with Crippen molar-refractivity contribution >= 4 is 5.91 Å². The van der Waals surface area contributed by atoms with Crippen molar-refractivity contribution < 1.29 is 23.4 Å². The number of carbonyl (C=O) groups is 1. The van der Waals surface area contributed by atoms with Crippen LogP contribution in [0.2, 0.25) is 0 Å². The second kappa shape index (κ2) is 7.14. The summed E-state index contributed by atoms with van der Waals surface area (Å²) in [5.41, 5.74) is 0.609. The van der Waals surface area contributed by atoms with Crippen molar-refractivity contribution in [1.29, 1.82) is 0 Å². The molecule has 2 aromatic rings. The van der Waals surface area contributed by atoms with E-state index >= 15 is 0 Å². The van der Waals surface area contributed by atoms with Gasteiger partial charge in [0.05, 0.1) is 31.9 Å². The molecule has 0 saturated carbocycles. The summed E-state index contributed by atoms with van der Waals surface area (Å²) >= 11 is 0. The van der Waals surface area contributed by atoms with Gasteiger partial charge in [-0.1, -0.05) is 0 Å². The van der Waals surface area contributed by atoms with E-state index in [2.05, 4.69) is 4.98 Å². The van der Waals surface area contributed by atoms with Crippen molar-refractivity contribution in [1.82, 2.24) is 9.88 Å². The summed E-state index contributed by atoms with van der Waals surface area (Å²) < 4.78 is 32.6. The average molecular weight is 348 g/mol. The minimum absolute atomic E-state index is 0.00412. The van der Waals surface area contributed by atoms with Crippen LogP contribution in [0.1, 0.15) is 23.7 Å². The van der Waals surface area contributed by atoms with Crippen LogP contribution in [0.15, 0.2) is 36.5 Å². The van der Waals surface area contributed by atoms with E-state index in [1.54, 1.807) is 12.1 Å². The molecule has 1 saturated heterocycles. The lowest BCUT2D eigenvalue weighted by atomic mass is 10.0. The van der Waals surface area contributed by atoms with Crippen LogP contribution in [0.3, 0.4) is 0 Å². The SMILES string of the molecule is COc1ccc(CC(=O)N2C[C@@H](O)C[C@@H]2c2cc(F)ccc2F)nc1. The molecule has 1 amide bonds. The molecule has 25 heavy (non-hydrogen) atoms.